The third-order valence-electron chi connectivity index (χ3n) is 5.35. The number of halogens is 1. The maximum atomic E-state index is 10.5. The Morgan fingerprint density at radius 2 is 2.10 bits per heavy atom. The first kappa shape index (κ1) is 15.4. The Morgan fingerprint density at radius 1 is 1.29 bits per heavy atom. The van der Waals surface area contributed by atoms with Gasteiger partial charge in [-0.15, -0.1) is 0 Å². The Balaban J connectivity index is 1.83. The standard InChI is InChI=1S/C18H25BrO2/c1-12(2)13-4-3-8-18(9-7-13)11-16(20)15-6-5-14(19)10-17(15)21-18/h5-6,10,12-13,16,20H,3-4,7-9,11H2,1-2H3/t13?,16-,18?/m1/s1. The van der Waals surface area contributed by atoms with E-state index >= 15 is 0 Å². The molecule has 1 aliphatic carbocycles. The van der Waals surface area contributed by atoms with Gasteiger partial charge in [0.05, 0.1) is 6.10 Å². The molecule has 1 fully saturated rings. The minimum absolute atomic E-state index is 0.156. The van der Waals surface area contributed by atoms with Crippen LogP contribution in [0, 0.1) is 11.8 Å². The largest absolute Gasteiger partial charge is 0.487 e. The topological polar surface area (TPSA) is 29.5 Å². The summed E-state index contributed by atoms with van der Waals surface area (Å²) < 4.78 is 7.44. The van der Waals surface area contributed by atoms with Gasteiger partial charge in [0.1, 0.15) is 11.4 Å². The van der Waals surface area contributed by atoms with Crippen molar-refractivity contribution < 1.29 is 9.84 Å². The number of aliphatic hydroxyl groups is 1. The van der Waals surface area contributed by atoms with Crippen LogP contribution in [0.5, 0.6) is 5.75 Å². The minimum Gasteiger partial charge on any atom is -0.487 e. The molecule has 0 bridgehead atoms. The SMILES string of the molecule is CC(C)C1CCCC2(CC1)C[C@@H](O)c1ccc(Br)cc1O2. The highest BCUT2D eigenvalue weighted by Gasteiger charge is 2.42. The van der Waals surface area contributed by atoms with Gasteiger partial charge in [-0.3, -0.25) is 0 Å². The summed E-state index contributed by atoms with van der Waals surface area (Å²) in [5.41, 5.74) is 0.783. The third kappa shape index (κ3) is 3.14. The van der Waals surface area contributed by atoms with Gasteiger partial charge in [0.25, 0.3) is 0 Å². The fourth-order valence-electron chi connectivity index (χ4n) is 3.99. The molecular weight excluding hydrogens is 328 g/mol. The molecule has 0 radical (unpaired) electrons. The van der Waals surface area contributed by atoms with E-state index < -0.39 is 6.10 Å². The average molecular weight is 353 g/mol. The van der Waals surface area contributed by atoms with Crippen molar-refractivity contribution in [3.05, 3.63) is 28.2 Å². The molecule has 1 aromatic carbocycles. The van der Waals surface area contributed by atoms with Gasteiger partial charge < -0.3 is 9.84 Å². The van der Waals surface area contributed by atoms with Crippen molar-refractivity contribution in [1.29, 1.82) is 0 Å². The summed E-state index contributed by atoms with van der Waals surface area (Å²) in [7, 11) is 0. The van der Waals surface area contributed by atoms with Gasteiger partial charge in [-0.05, 0) is 49.7 Å². The summed E-state index contributed by atoms with van der Waals surface area (Å²) in [4.78, 5) is 0. The molecule has 116 valence electrons. The van der Waals surface area contributed by atoms with E-state index in [1.165, 1.54) is 19.3 Å². The van der Waals surface area contributed by atoms with Crippen molar-refractivity contribution >= 4 is 15.9 Å². The van der Waals surface area contributed by atoms with Gasteiger partial charge in [-0.1, -0.05) is 42.3 Å². The fraction of sp³-hybridized carbons (Fsp3) is 0.667. The summed E-state index contributed by atoms with van der Waals surface area (Å²) >= 11 is 3.51. The summed E-state index contributed by atoms with van der Waals surface area (Å²) in [5, 5.41) is 10.5. The smallest absolute Gasteiger partial charge is 0.127 e. The first-order chi connectivity index (χ1) is 9.99. The molecule has 3 atom stereocenters. The number of ether oxygens (including phenoxy) is 1. The van der Waals surface area contributed by atoms with Crippen molar-refractivity contribution in [3.8, 4) is 5.75 Å². The number of benzene rings is 1. The Hall–Kier alpha value is -0.540. The molecule has 2 nitrogen and oxygen atoms in total. The van der Waals surface area contributed by atoms with Crippen molar-refractivity contribution in [3.63, 3.8) is 0 Å². The fourth-order valence-corrected chi connectivity index (χ4v) is 4.33. The number of hydrogen-bond donors (Lipinski definition) is 1. The lowest BCUT2D eigenvalue weighted by molar-refractivity contribution is -0.0254. The number of rotatable bonds is 1. The van der Waals surface area contributed by atoms with Gasteiger partial charge in [0.15, 0.2) is 0 Å². The van der Waals surface area contributed by atoms with Crippen molar-refractivity contribution in [2.45, 2.75) is 64.1 Å². The van der Waals surface area contributed by atoms with Crippen LogP contribution in [0.1, 0.15) is 64.0 Å². The average Bonchev–Trinajstić information content (AvgIpc) is 2.61. The third-order valence-corrected chi connectivity index (χ3v) is 5.84. The summed E-state index contributed by atoms with van der Waals surface area (Å²) in [6.07, 6.45) is 6.21. The Bertz CT molecular complexity index is 514. The maximum Gasteiger partial charge on any atom is 0.127 e. The zero-order chi connectivity index (χ0) is 15.0. The van der Waals surface area contributed by atoms with E-state index in [2.05, 4.69) is 29.8 Å². The monoisotopic (exact) mass is 352 g/mol. The van der Waals surface area contributed by atoms with Crippen molar-refractivity contribution in [1.82, 2.24) is 0 Å². The second-order valence-corrected chi connectivity index (χ2v) is 8.04. The summed E-state index contributed by atoms with van der Waals surface area (Å²) in [6.45, 7) is 4.65. The van der Waals surface area contributed by atoms with E-state index in [1.807, 2.05) is 18.2 Å². The van der Waals surface area contributed by atoms with E-state index in [9.17, 15) is 5.11 Å². The molecule has 1 heterocycles. The molecule has 21 heavy (non-hydrogen) atoms. The molecule has 0 aromatic heterocycles. The zero-order valence-corrected chi connectivity index (χ0v) is 14.5. The molecule has 2 aliphatic rings. The minimum atomic E-state index is -0.391. The highest BCUT2D eigenvalue weighted by atomic mass is 79.9. The predicted octanol–water partition coefficient (Wildman–Crippen LogP) is 5.24. The lowest BCUT2D eigenvalue weighted by Gasteiger charge is -2.40. The predicted molar refractivity (Wildman–Crippen MR) is 88.5 cm³/mol. The van der Waals surface area contributed by atoms with Gasteiger partial charge in [-0.25, -0.2) is 0 Å². The lowest BCUT2D eigenvalue weighted by atomic mass is 9.82. The normalized spacial score (nSPS) is 32.6. The molecule has 1 spiro atoms. The molecule has 1 aromatic rings. The van der Waals surface area contributed by atoms with E-state index in [1.54, 1.807) is 0 Å². The first-order valence-electron chi connectivity index (χ1n) is 8.16. The molecule has 3 heteroatoms. The van der Waals surface area contributed by atoms with Crippen LogP contribution < -0.4 is 4.74 Å². The van der Waals surface area contributed by atoms with Crippen LogP contribution in [0.2, 0.25) is 0 Å². The van der Waals surface area contributed by atoms with Gasteiger partial charge in [0, 0.05) is 16.5 Å². The molecule has 2 unspecified atom stereocenters. The second-order valence-electron chi connectivity index (χ2n) is 7.12. The molecule has 1 N–H and O–H groups in total. The number of fused-ring (bicyclic) bond motifs is 1. The quantitative estimate of drug-likeness (QED) is 0.748. The number of hydrogen-bond acceptors (Lipinski definition) is 2. The molecule has 0 amide bonds. The van der Waals surface area contributed by atoms with Gasteiger partial charge >= 0.3 is 0 Å². The Morgan fingerprint density at radius 3 is 2.86 bits per heavy atom. The van der Waals surface area contributed by atoms with Crippen LogP contribution in [-0.4, -0.2) is 10.7 Å². The Labute approximate surface area is 136 Å². The van der Waals surface area contributed by atoms with Crippen LogP contribution in [0.25, 0.3) is 0 Å². The molecular formula is C18H25BrO2. The van der Waals surface area contributed by atoms with E-state index in [0.717, 1.165) is 46.9 Å². The highest BCUT2D eigenvalue weighted by molar-refractivity contribution is 9.10. The van der Waals surface area contributed by atoms with Crippen molar-refractivity contribution in [2.24, 2.45) is 11.8 Å². The van der Waals surface area contributed by atoms with Crippen LogP contribution >= 0.6 is 15.9 Å². The molecule has 1 aliphatic heterocycles. The summed E-state index contributed by atoms with van der Waals surface area (Å²) in [5.74, 6) is 2.41. The van der Waals surface area contributed by atoms with Crippen LogP contribution in [0.3, 0.4) is 0 Å². The van der Waals surface area contributed by atoms with Crippen molar-refractivity contribution in [2.75, 3.05) is 0 Å². The van der Waals surface area contributed by atoms with Crippen LogP contribution in [0.4, 0.5) is 0 Å². The van der Waals surface area contributed by atoms with Gasteiger partial charge in [-0.2, -0.15) is 0 Å². The maximum absolute atomic E-state index is 10.5. The summed E-state index contributed by atoms with van der Waals surface area (Å²) in [6, 6.07) is 5.96. The van der Waals surface area contributed by atoms with E-state index in [4.69, 9.17) is 4.74 Å². The second kappa shape index (κ2) is 5.92. The van der Waals surface area contributed by atoms with E-state index in [0.29, 0.717) is 0 Å². The highest BCUT2D eigenvalue weighted by Crippen LogP contribution is 2.47. The van der Waals surface area contributed by atoms with Crippen LogP contribution in [-0.2, 0) is 0 Å². The molecule has 3 rings (SSSR count). The van der Waals surface area contributed by atoms with Gasteiger partial charge in [0.2, 0.25) is 0 Å². The molecule has 1 saturated carbocycles. The first-order valence-corrected chi connectivity index (χ1v) is 8.95. The molecule has 0 saturated heterocycles. The zero-order valence-electron chi connectivity index (χ0n) is 12.9. The van der Waals surface area contributed by atoms with E-state index in [-0.39, 0.29) is 5.60 Å². The number of aliphatic hydroxyl groups excluding tert-OH is 1. The van der Waals surface area contributed by atoms with Crippen LogP contribution in [0.15, 0.2) is 22.7 Å². The Kier molecular flexibility index (Phi) is 4.33. The lowest BCUT2D eigenvalue weighted by Crippen LogP contribution is -2.40.